The van der Waals surface area contributed by atoms with Crippen LogP contribution in [0.15, 0.2) is 38.5 Å². The number of thiophene rings is 1. The molecule has 0 saturated carbocycles. The van der Waals surface area contributed by atoms with Gasteiger partial charge < -0.3 is 20.6 Å². The molecule has 3 N–H and O–H groups in total. The van der Waals surface area contributed by atoms with Crippen molar-refractivity contribution in [2.24, 2.45) is 0 Å². The fourth-order valence-electron chi connectivity index (χ4n) is 3.68. The molecule has 0 aliphatic heterocycles. The van der Waals surface area contributed by atoms with E-state index in [1.54, 1.807) is 23.5 Å². The lowest BCUT2D eigenvalue weighted by Crippen LogP contribution is -2.42. The molecular weight excluding hydrogens is 398 g/mol. The van der Waals surface area contributed by atoms with E-state index >= 15 is 0 Å². The molecular formula is C23H29N3O3S. The maximum absolute atomic E-state index is 12.1. The Balaban J connectivity index is 1.65. The van der Waals surface area contributed by atoms with Crippen LogP contribution in [0.4, 0.5) is 11.4 Å². The smallest absolute Gasteiger partial charge is 0.253 e. The highest BCUT2D eigenvalue weighted by atomic mass is 32.1. The van der Waals surface area contributed by atoms with Gasteiger partial charge in [0.05, 0.1) is 0 Å². The van der Waals surface area contributed by atoms with Crippen molar-refractivity contribution in [3.8, 4) is 5.75 Å². The van der Waals surface area contributed by atoms with Gasteiger partial charge in [0, 0.05) is 19.1 Å². The van der Waals surface area contributed by atoms with Crippen molar-refractivity contribution in [1.82, 2.24) is 4.90 Å². The number of phenols is 1. The molecule has 2 aromatic carbocycles. The Morgan fingerprint density at radius 3 is 2.27 bits per heavy atom. The Morgan fingerprint density at radius 2 is 1.70 bits per heavy atom. The molecule has 3 rings (SSSR count). The van der Waals surface area contributed by atoms with Crippen LogP contribution in [0.25, 0.3) is 0 Å². The number of phenolic OH excluding ortho intramolecular Hbond substituents is 1. The minimum atomic E-state index is -0.456. The van der Waals surface area contributed by atoms with Crippen molar-refractivity contribution >= 4 is 22.7 Å². The molecule has 160 valence electrons. The summed E-state index contributed by atoms with van der Waals surface area (Å²) in [5.41, 5.74) is 4.37. The van der Waals surface area contributed by atoms with E-state index in [9.17, 15) is 14.7 Å². The molecule has 6 nitrogen and oxygen atoms in total. The van der Waals surface area contributed by atoms with Crippen LogP contribution in [-0.2, 0) is 12.8 Å². The molecule has 1 atom stereocenters. The normalized spacial score (nSPS) is 12.4. The number of benzene rings is 1. The minimum absolute atomic E-state index is 0.120. The van der Waals surface area contributed by atoms with Gasteiger partial charge in [0.15, 0.2) is 0 Å². The van der Waals surface area contributed by atoms with E-state index < -0.39 is 10.9 Å². The quantitative estimate of drug-likeness (QED) is 0.432. The molecule has 0 aliphatic carbocycles. The monoisotopic (exact) mass is 427 g/mol. The number of rotatable bonds is 10. The maximum Gasteiger partial charge on any atom is 0.253 e. The van der Waals surface area contributed by atoms with Crippen LogP contribution in [0.3, 0.4) is 0 Å². The Morgan fingerprint density at radius 1 is 1.07 bits per heavy atom. The van der Waals surface area contributed by atoms with Gasteiger partial charge in [-0.3, -0.25) is 9.59 Å². The van der Waals surface area contributed by atoms with Gasteiger partial charge >= 0.3 is 0 Å². The summed E-state index contributed by atoms with van der Waals surface area (Å²) in [7, 11) is 4.00. The topological polar surface area (TPSA) is 81.7 Å². The third-order valence-electron chi connectivity index (χ3n) is 5.57. The predicted octanol–water partition coefficient (Wildman–Crippen LogP) is 2.91. The lowest BCUT2D eigenvalue weighted by molar-refractivity contribution is 0.302. The SMILES string of the molecule is Cc1cc(O)cc(C)c1C[C@@H](CNc1c(NCCc2ccsc2)c(=O)c1=O)N(C)C. The Bertz CT molecular complexity index is 1040. The van der Waals surface area contributed by atoms with E-state index in [0.717, 1.165) is 24.0 Å². The van der Waals surface area contributed by atoms with E-state index in [1.807, 2.05) is 33.3 Å². The zero-order chi connectivity index (χ0) is 21.8. The zero-order valence-electron chi connectivity index (χ0n) is 17.9. The van der Waals surface area contributed by atoms with Gasteiger partial charge in [-0.2, -0.15) is 11.3 Å². The van der Waals surface area contributed by atoms with Crippen LogP contribution in [0.5, 0.6) is 5.75 Å². The number of hydrogen-bond donors (Lipinski definition) is 3. The van der Waals surface area contributed by atoms with Crippen molar-refractivity contribution in [3.05, 3.63) is 71.7 Å². The molecule has 0 spiro atoms. The second-order valence-corrected chi connectivity index (χ2v) is 8.76. The van der Waals surface area contributed by atoms with Crippen molar-refractivity contribution in [3.63, 3.8) is 0 Å². The molecule has 0 saturated heterocycles. The Kier molecular flexibility index (Phi) is 6.95. The van der Waals surface area contributed by atoms with Crippen LogP contribution in [0, 0.1) is 13.8 Å². The number of aromatic hydroxyl groups is 1. The number of nitrogens with one attached hydrogen (secondary N) is 2. The van der Waals surface area contributed by atoms with Crippen molar-refractivity contribution < 1.29 is 5.11 Å². The van der Waals surface area contributed by atoms with E-state index in [-0.39, 0.29) is 11.8 Å². The molecule has 1 aromatic heterocycles. The first-order chi connectivity index (χ1) is 14.3. The summed E-state index contributed by atoms with van der Waals surface area (Å²) in [5.74, 6) is 0.273. The first-order valence-corrected chi connectivity index (χ1v) is 11.0. The molecule has 0 amide bonds. The third kappa shape index (κ3) is 4.91. The van der Waals surface area contributed by atoms with Gasteiger partial charge in [-0.05, 0) is 92.0 Å². The van der Waals surface area contributed by atoms with Crippen LogP contribution in [-0.4, -0.2) is 43.2 Å². The molecule has 0 radical (unpaired) electrons. The number of nitrogens with zero attached hydrogens (tertiary/aromatic N) is 1. The third-order valence-corrected chi connectivity index (χ3v) is 6.30. The predicted molar refractivity (Wildman–Crippen MR) is 125 cm³/mol. The summed E-state index contributed by atoms with van der Waals surface area (Å²) in [5, 5.41) is 20.2. The summed E-state index contributed by atoms with van der Waals surface area (Å²) >= 11 is 1.65. The number of aryl methyl sites for hydroxylation is 2. The summed E-state index contributed by atoms with van der Waals surface area (Å²) in [6.45, 7) is 5.14. The Labute approximate surface area is 180 Å². The number of likely N-dealkylation sites (N-methyl/N-ethyl adjacent to an activating group) is 1. The van der Waals surface area contributed by atoms with Crippen LogP contribution in [0.1, 0.15) is 22.3 Å². The average molecular weight is 428 g/mol. The zero-order valence-corrected chi connectivity index (χ0v) is 18.7. The second kappa shape index (κ2) is 9.45. The number of anilines is 2. The standard InChI is InChI=1S/C23H29N3O3S/c1-14-9-18(27)10-15(2)19(14)11-17(26(3)4)12-25-21-20(22(28)23(21)29)24-7-5-16-6-8-30-13-16/h6,8-10,13,17,24-25,27H,5,7,11-12H2,1-4H3/t17-/m0/s1. The van der Waals surface area contributed by atoms with Crippen molar-refractivity contribution in [1.29, 1.82) is 0 Å². The molecule has 3 aromatic rings. The molecule has 0 fully saturated rings. The van der Waals surface area contributed by atoms with Gasteiger partial charge in [0.25, 0.3) is 10.9 Å². The van der Waals surface area contributed by atoms with Gasteiger partial charge in [-0.25, -0.2) is 0 Å². The fourth-order valence-corrected chi connectivity index (χ4v) is 4.38. The lowest BCUT2D eigenvalue weighted by atomic mass is 9.95. The second-order valence-electron chi connectivity index (χ2n) is 7.98. The van der Waals surface area contributed by atoms with E-state index in [1.165, 1.54) is 11.1 Å². The van der Waals surface area contributed by atoms with Gasteiger partial charge in [-0.1, -0.05) is 0 Å². The van der Waals surface area contributed by atoms with E-state index in [0.29, 0.717) is 24.5 Å². The highest BCUT2D eigenvalue weighted by Crippen LogP contribution is 2.23. The molecule has 0 bridgehead atoms. The van der Waals surface area contributed by atoms with Gasteiger partial charge in [-0.15, -0.1) is 0 Å². The first-order valence-electron chi connectivity index (χ1n) is 10.1. The fraction of sp³-hybridized carbons (Fsp3) is 0.391. The van der Waals surface area contributed by atoms with Crippen LogP contribution in [0.2, 0.25) is 0 Å². The molecule has 1 heterocycles. The first kappa shape index (κ1) is 22.1. The average Bonchev–Trinajstić information content (AvgIpc) is 3.20. The molecule has 0 unspecified atom stereocenters. The van der Waals surface area contributed by atoms with E-state index in [2.05, 4.69) is 27.0 Å². The summed E-state index contributed by atoms with van der Waals surface area (Å²) in [6.07, 6.45) is 1.58. The summed E-state index contributed by atoms with van der Waals surface area (Å²) in [6, 6.07) is 5.72. The van der Waals surface area contributed by atoms with Crippen LogP contribution >= 0.6 is 11.3 Å². The lowest BCUT2D eigenvalue weighted by Gasteiger charge is -2.27. The van der Waals surface area contributed by atoms with Crippen LogP contribution < -0.4 is 21.5 Å². The minimum Gasteiger partial charge on any atom is -0.508 e. The Hall–Kier alpha value is -2.64. The summed E-state index contributed by atoms with van der Waals surface area (Å²) in [4.78, 5) is 26.2. The highest BCUT2D eigenvalue weighted by molar-refractivity contribution is 7.07. The van der Waals surface area contributed by atoms with E-state index in [4.69, 9.17) is 0 Å². The van der Waals surface area contributed by atoms with Gasteiger partial charge in [0.2, 0.25) is 0 Å². The van der Waals surface area contributed by atoms with Gasteiger partial charge in [0.1, 0.15) is 17.1 Å². The summed E-state index contributed by atoms with van der Waals surface area (Å²) < 4.78 is 0. The van der Waals surface area contributed by atoms with Crippen molar-refractivity contribution in [2.45, 2.75) is 32.7 Å². The highest BCUT2D eigenvalue weighted by Gasteiger charge is 2.22. The molecule has 30 heavy (non-hydrogen) atoms. The molecule has 0 aliphatic rings. The largest absolute Gasteiger partial charge is 0.508 e. The number of hydrogen-bond acceptors (Lipinski definition) is 7. The molecule has 7 heteroatoms. The van der Waals surface area contributed by atoms with Crippen molar-refractivity contribution in [2.75, 3.05) is 37.8 Å². The maximum atomic E-state index is 12.1.